The average Bonchev–Trinajstić information content (AvgIpc) is 3.21. The third-order valence-corrected chi connectivity index (χ3v) is 7.09. The first kappa shape index (κ1) is 21.7. The second-order valence-electron chi connectivity index (χ2n) is 7.94. The molecule has 5 atom stereocenters. The second kappa shape index (κ2) is 9.30. The zero-order chi connectivity index (χ0) is 22.0. The molecule has 31 heavy (non-hydrogen) atoms. The van der Waals surface area contributed by atoms with Gasteiger partial charge in [0.15, 0.2) is 5.17 Å². The number of amidine groups is 1. The minimum absolute atomic E-state index is 0.0433. The van der Waals surface area contributed by atoms with Gasteiger partial charge in [0, 0.05) is 24.5 Å². The van der Waals surface area contributed by atoms with Crippen molar-refractivity contribution in [3.63, 3.8) is 0 Å². The lowest BCUT2D eigenvalue weighted by atomic mass is 9.80. The summed E-state index contributed by atoms with van der Waals surface area (Å²) in [5, 5.41) is 24.6. The number of nitrogens with zero attached hydrogens (tertiary/aromatic N) is 2. The van der Waals surface area contributed by atoms with Crippen LogP contribution in [0.4, 0.5) is 5.69 Å². The number of hydrogen-bond acceptors (Lipinski definition) is 7. The molecule has 1 saturated carbocycles. The molecule has 1 heterocycles. The van der Waals surface area contributed by atoms with E-state index >= 15 is 0 Å². The molecule has 1 aliphatic heterocycles. The van der Waals surface area contributed by atoms with Crippen LogP contribution in [0.5, 0.6) is 5.75 Å². The van der Waals surface area contributed by atoms with E-state index in [9.17, 15) is 15.0 Å². The number of amides is 1. The molecular weight excluding hydrogens is 414 g/mol. The summed E-state index contributed by atoms with van der Waals surface area (Å²) in [5.74, 6) is 0.283. The van der Waals surface area contributed by atoms with Crippen molar-refractivity contribution >= 4 is 28.5 Å². The van der Waals surface area contributed by atoms with E-state index in [0.29, 0.717) is 11.7 Å². The monoisotopic (exact) mass is 441 g/mol. The quantitative estimate of drug-likeness (QED) is 0.660. The first-order valence-corrected chi connectivity index (χ1v) is 11.1. The van der Waals surface area contributed by atoms with Gasteiger partial charge in [-0.2, -0.15) is 0 Å². The van der Waals surface area contributed by atoms with E-state index in [2.05, 4.69) is 10.3 Å². The lowest BCUT2D eigenvalue weighted by Gasteiger charge is -2.38. The van der Waals surface area contributed by atoms with Gasteiger partial charge in [-0.05, 0) is 36.2 Å². The minimum Gasteiger partial charge on any atom is -0.497 e. The first-order valence-electron chi connectivity index (χ1n) is 10.3. The van der Waals surface area contributed by atoms with Crippen LogP contribution in [0.2, 0.25) is 0 Å². The number of fused-ring (bicyclic) bond motifs is 1. The molecule has 2 aromatic carbocycles. The summed E-state index contributed by atoms with van der Waals surface area (Å²) in [6, 6.07) is 16.7. The molecule has 0 spiro atoms. The Kier molecular flexibility index (Phi) is 6.50. The Morgan fingerprint density at radius 1 is 1.19 bits per heavy atom. The molecule has 0 saturated heterocycles. The van der Waals surface area contributed by atoms with Crippen LogP contribution in [-0.2, 0) is 11.3 Å². The van der Waals surface area contributed by atoms with Gasteiger partial charge in [0.05, 0.1) is 25.2 Å². The fourth-order valence-electron chi connectivity index (χ4n) is 4.11. The normalized spacial score (nSPS) is 27.2. The van der Waals surface area contributed by atoms with Gasteiger partial charge in [-0.1, -0.05) is 42.1 Å². The number of rotatable bonds is 5. The van der Waals surface area contributed by atoms with Crippen LogP contribution in [0.3, 0.4) is 0 Å². The summed E-state index contributed by atoms with van der Waals surface area (Å²) >= 11 is 1.45. The molecule has 1 amide bonds. The summed E-state index contributed by atoms with van der Waals surface area (Å²) in [5.41, 5.74) is 1.88. The standard InChI is InChI=1S/C23H27N3O4S/c1-26(13-14-6-4-3-5-7-14)22(29)17-12-18(27)20(28)19-21(17)31-23(25-19)24-15-8-10-16(30-2)11-9-15/h3-11,17-21,27-28H,12-13H2,1-2H3,(H,24,25)/t17-,18+,19-,20-,21+/m0/s1. The van der Waals surface area contributed by atoms with Crippen LogP contribution in [0, 0.1) is 5.92 Å². The zero-order valence-corrected chi connectivity index (χ0v) is 18.3. The largest absolute Gasteiger partial charge is 0.497 e. The third-order valence-electron chi connectivity index (χ3n) is 5.78. The Hall–Kier alpha value is -2.55. The van der Waals surface area contributed by atoms with Gasteiger partial charge >= 0.3 is 0 Å². The molecule has 1 aliphatic carbocycles. The maximum Gasteiger partial charge on any atom is 0.227 e. The van der Waals surface area contributed by atoms with Gasteiger partial charge in [-0.15, -0.1) is 0 Å². The number of nitrogens with one attached hydrogen (secondary N) is 1. The number of anilines is 1. The third kappa shape index (κ3) is 4.71. The molecule has 1 fully saturated rings. The van der Waals surface area contributed by atoms with Crippen molar-refractivity contribution in [2.45, 2.75) is 36.5 Å². The number of carbonyl (C=O) groups is 1. The number of hydrogen-bond donors (Lipinski definition) is 3. The number of aliphatic imine (C=N–C) groups is 1. The van der Waals surface area contributed by atoms with Crippen LogP contribution < -0.4 is 10.1 Å². The number of carbonyl (C=O) groups excluding carboxylic acids is 1. The highest BCUT2D eigenvalue weighted by Gasteiger charge is 2.50. The number of aliphatic hydroxyl groups excluding tert-OH is 2. The van der Waals surface area contributed by atoms with E-state index < -0.39 is 24.2 Å². The SMILES string of the molecule is COc1ccc(NC2=N[C@H]3[C@@H](O)[C@H](O)C[C@H](C(=O)N(C)Cc4ccccc4)[C@H]3S2)cc1. The molecule has 2 aromatic rings. The predicted molar refractivity (Wildman–Crippen MR) is 122 cm³/mol. The van der Waals surface area contributed by atoms with Crippen molar-refractivity contribution in [3.05, 3.63) is 60.2 Å². The van der Waals surface area contributed by atoms with Gasteiger partial charge in [0.1, 0.15) is 11.9 Å². The van der Waals surface area contributed by atoms with Crippen molar-refractivity contribution in [1.29, 1.82) is 0 Å². The van der Waals surface area contributed by atoms with Gasteiger partial charge in [-0.3, -0.25) is 9.79 Å². The number of aliphatic hydroxyl groups is 2. The molecule has 0 unspecified atom stereocenters. The van der Waals surface area contributed by atoms with Gasteiger partial charge in [0.2, 0.25) is 5.91 Å². The maximum absolute atomic E-state index is 13.3. The first-order chi connectivity index (χ1) is 15.0. The fraction of sp³-hybridized carbons (Fsp3) is 0.391. The topological polar surface area (TPSA) is 94.4 Å². The van der Waals surface area contributed by atoms with Crippen LogP contribution in [-0.4, -0.2) is 63.8 Å². The van der Waals surface area contributed by atoms with Crippen molar-refractivity contribution in [3.8, 4) is 5.75 Å². The smallest absolute Gasteiger partial charge is 0.227 e. The molecule has 0 radical (unpaired) electrons. The summed E-state index contributed by atoms with van der Waals surface area (Å²) in [6.07, 6.45) is -1.75. The molecule has 2 aliphatic rings. The molecule has 0 aromatic heterocycles. The number of methoxy groups -OCH3 is 1. The lowest BCUT2D eigenvalue weighted by molar-refractivity contribution is -0.139. The highest BCUT2D eigenvalue weighted by Crippen LogP contribution is 2.42. The van der Waals surface area contributed by atoms with Crippen LogP contribution >= 0.6 is 11.8 Å². The Labute approximate surface area is 186 Å². The highest BCUT2D eigenvalue weighted by molar-refractivity contribution is 8.15. The average molecular weight is 442 g/mol. The Bertz CT molecular complexity index is 938. The van der Waals surface area contributed by atoms with Crippen molar-refractivity contribution in [2.24, 2.45) is 10.9 Å². The van der Waals surface area contributed by atoms with E-state index in [0.717, 1.165) is 17.0 Å². The maximum atomic E-state index is 13.3. The molecule has 164 valence electrons. The lowest BCUT2D eigenvalue weighted by Crippen LogP contribution is -2.54. The summed E-state index contributed by atoms with van der Waals surface area (Å²) in [7, 11) is 3.39. The van der Waals surface area contributed by atoms with E-state index in [4.69, 9.17) is 4.74 Å². The van der Waals surface area contributed by atoms with E-state index in [1.807, 2.05) is 54.6 Å². The number of ether oxygens (including phenoxy) is 1. The Morgan fingerprint density at radius 2 is 1.90 bits per heavy atom. The van der Waals surface area contributed by atoms with Crippen molar-refractivity contribution < 1.29 is 19.7 Å². The van der Waals surface area contributed by atoms with E-state index in [1.165, 1.54) is 11.8 Å². The number of thioether (sulfide) groups is 1. The second-order valence-corrected chi connectivity index (χ2v) is 9.11. The molecule has 3 N–H and O–H groups in total. The van der Waals surface area contributed by atoms with Gasteiger partial charge in [0.25, 0.3) is 0 Å². The molecule has 8 heteroatoms. The van der Waals surface area contributed by atoms with Gasteiger partial charge < -0.3 is 25.2 Å². The zero-order valence-electron chi connectivity index (χ0n) is 17.5. The van der Waals surface area contributed by atoms with Crippen LogP contribution in [0.15, 0.2) is 59.6 Å². The summed E-state index contributed by atoms with van der Waals surface area (Å²) in [6.45, 7) is 0.495. The molecule has 4 rings (SSSR count). The molecule has 0 bridgehead atoms. The summed E-state index contributed by atoms with van der Waals surface area (Å²) < 4.78 is 5.18. The molecular formula is C23H27N3O4S. The predicted octanol–water partition coefficient (Wildman–Crippen LogP) is 2.35. The Morgan fingerprint density at radius 3 is 2.58 bits per heavy atom. The van der Waals surface area contributed by atoms with E-state index in [1.54, 1.807) is 19.1 Å². The van der Waals surface area contributed by atoms with Crippen molar-refractivity contribution in [2.75, 3.05) is 19.5 Å². The van der Waals surface area contributed by atoms with Gasteiger partial charge in [-0.25, -0.2) is 0 Å². The van der Waals surface area contributed by atoms with Crippen LogP contribution in [0.25, 0.3) is 0 Å². The summed E-state index contributed by atoms with van der Waals surface area (Å²) in [4.78, 5) is 19.6. The van der Waals surface area contributed by atoms with Crippen LogP contribution in [0.1, 0.15) is 12.0 Å². The number of benzene rings is 2. The highest BCUT2D eigenvalue weighted by atomic mass is 32.2. The minimum atomic E-state index is -0.990. The van der Waals surface area contributed by atoms with Crippen molar-refractivity contribution in [1.82, 2.24) is 4.90 Å². The Balaban J connectivity index is 1.47. The van der Waals surface area contributed by atoms with E-state index in [-0.39, 0.29) is 17.6 Å². The molecule has 7 nitrogen and oxygen atoms in total. The fourth-order valence-corrected chi connectivity index (χ4v) is 5.48.